The summed E-state index contributed by atoms with van der Waals surface area (Å²) >= 11 is 0. The van der Waals surface area contributed by atoms with Crippen molar-refractivity contribution >= 4 is 5.91 Å². The third kappa shape index (κ3) is 1.66. The third-order valence-corrected chi connectivity index (χ3v) is 7.44. The van der Waals surface area contributed by atoms with Gasteiger partial charge in [0.05, 0.1) is 25.2 Å². The fourth-order valence-corrected chi connectivity index (χ4v) is 6.82. The number of nitrogens with one attached hydrogen (secondary N) is 1. The number of fused-ring (bicyclic) bond motifs is 3. The minimum Gasteiger partial charge on any atom is -0.393 e. The number of aliphatic hydroxyl groups is 1. The van der Waals surface area contributed by atoms with Gasteiger partial charge >= 0.3 is 0 Å². The lowest BCUT2D eigenvalue weighted by Gasteiger charge is -2.52. The average molecular weight is 291 g/mol. The number of hydrogen-bond donors (Lipinski definition) is 2. The molecule has 21 heavy (non-hydrogen) atoms. The molecule has 5 fully saturated rings. The zero-order valence-corrected chi connectivity index (χ0v) is 12.7. The molecule has 4 heteroatoms. The van der Waals surface area contributed by atoms with Gasteiger partial charge < -0.3 is 14.9 Å². The number of carbonyl (C=O) groups excluding carboxylic acids is 1. The van der Waals surface area contributed by atoms with Crippen molar-refractivity contribution in [1.82, 2.24) is 4.90 Å². The summed E-state index contributed by atoms with van der Waals surface area (Å²) in [6, 6.07) is 1.69. The molecule has 1 amide bonds. The van der Waals surface area contributed by atoms with Crippen LogP contribution in [0.25, 0.3) is 0 Å². The van der Waals surface area contributed by atoms with Gasteiger partial charge in [-0.15, -0.1) is 0 Å². The van der Waals surface area contributed by atoms with Crippen molar-refractivity contribution in [3.63, 3.8) is 0 Å². The Labute approximate surface area is 126 Å². The number of quaternary nitrogens is 1. The summed E-state index contributed by atoms with van der Waals surface area (Å²) in [5.74, 6) is 2.36. The van der Waals surface area contributed by atoms with Gasteiger partial charge in [0.25, 0.3) is 0 Å². The third-order valence-electron chi connectivity index (χ3n) is 7.44. The molecule has 0 bridgehead atoms. The van der Waals surface area contributed by atoms with E-state index in [0.717, 1.165) is 31.7 Å². The molecule has 116 valence electrons. The highest BCUT2D eigenvalue weighted by molar-refractivity contribution is 5.79. The van der Waals surface area contributed by atoms with E-state index >= 15 is 0 Å². The highest BCUT2D eigenvalue weighted by Crippen LogP contribution is 2.50. The summed E-state index contributed by atoms with van der Waals surface area (Å²) in [6.45, 7) is 2.63. The maximum atomic E-state index is 12.8. The van der Waals surface area contributed by atoms with Crippen LogP contribution in [0, 0.1) is 17.8 Å². The van der Waals surface area contributed by atoms with E-state index in [1.54, 1.807) is 4.90 Å². The van der Waals surface area contributed by atoms with Crippen LogP contribution >= 0.6 is 0 Å². The maximum Gasteiger partial charge on any atom is 0.223 e. The van der Waals surface area contributed by atoms with Crippen LogP contribution in [0.3, 0.4) is 0 Å². The number of aliphatic hydroxyl groups excluding tert-OH is 1. The number of amides is 1. The first-order valence-corrected chi connectivity index (χ1v) is 9.08. The number of hydrogen-bond acceptors (Lipinski definition) is 2. The van der Waals surface area contributed by atoms with Crippen molar-refractivity contribution < 1.29 is 14.8 Å². The molecule has 5 rings (SSSR count). The molecule has 5 aliphatic rings. The lowest BCUT2D eigenvalue weighted by atomic mass is 9.69. The van der Waals surface area contributed by atoms with Gasteiger partial charge in [-0.3, -0.25) is 4.79 Å². The van der Waals surface area contributed by atoms with Crippen LogP contribution in [0.4, 0.5) is 0 Å². The summed E-state index contributed by atoms with van der Waals surface area (Å²) in [5.41, 5.74) is 0. The fourth-order valence-electron chi connectivity index (χ4n) is 6.82. The molecule has 8 unspecified atom stereocenters. The average Bonchev–Trinajstić information content (AvgIpc) is 2.81. The normalized spacial score (nSPS) is 55.1. The lowest BCUT2D eigenvalue weighted by molar-refractivity contribution is -0.944. The molecule has 0 radical (unpaired) electrons. The summed E-state index contributed by atoms with van der Waals surface area (Å²) in [5, 5.41) is 10.1. The number of carbonyl (C=O) groups is 1. The monoisotopic (exact) mass is 291 g/mol. The first-order chi connectivity index (χ1) is 10.2. The van der Waals surface area contributed by atoms with Crippen molar-refractivity contribution in [3.8, 4) is 0 Å². The zero-order chi connectivity index (χ0) is 14.1. The van der Waals surface area contributed by atoms with Crippen LogP contribution in [-0.4, -0.2) is 53.2 Å². The SMILES string of the molecule is O=C1CC2CCC[NH+]3CCC4C5CC(O)CCC5N1C4C23. The minimum atomic E-state index is -0.116. The Morgan fingerprint density at radius 2 is 2.00 bits per heavy atom. The van der Waals surface area contributed by atoms with Gasteiger partial charge in [-0.25, -0.2) is 0 Å². The van der Waals surface area contributed by atoms with Crippen molar-refractivity contribution in [2.24, 2.45) is 17.8 Å². The molecule has 0 aromatic rings. The summed E-state index contributed by atoms with van der Waals surface area (Å²) in [4.78, 5) is 16.9. The Hall–Kier alpha value is -0.610. The van der Waals surface area contributed by atoms with Gasteiger partial charge in [-0.2, -0.15) is 0 Å². The molecule has 1 saturated carbocycles. The quantitative estimate of drug-likeness (QED) is 0.650. The molecule has 4 saturated heterocycles. The van der Waals surface area contributed by atoms with Gasteiger partial charge in [0, 0.05) is 24.8 Å². The Balaban J connectivity index is 1.55. The second kappa shape index (κ2) is 4.45. The molecular formula is C17H27N2O2+. The molecule has 4 heterocycles. The number of rotatable bonds is 0. The molecule has 0 spiro atoms. The van der Waals surface area contributed by atoms with E-state index in [-0.39, 0.29) is 6.10 Å². The highest BCUT2D eigenvalue weighted by atomic mass is 16.3. The lowest BCUT2D eigenvalue weighted by Crippen LogP contribution is -3.20. The van der Waals surface area contributed by atoms with E-state index in [1.807, 2.05) is 0 Å². The predicted octanol–water partition coefficient (Wildman–Crippen LogP) is -0.186. The maximum absolute atomic E-state index is 12.8. The van der Waals surface area contributed by atoms with Crippen LogP contribution < -0.4 is 4.90 Å². The molecule has 1 aliphatic carbocycles. The van der Waals surface area contributed by atoms with E-state index in [2.05, 4.69) is 4.90 Å². The summed E-state index contributed by atoms with van der Waals surface area (Å²) in [6.07, 6.45) is 7.44. The van der Waals surface area contributed by atoms with Crippen molar-refractivity contribution in [1.29, 1.82) is 0 Å². The smallest absolute Gasteiger partial charge is 0.223 e. The Morgan fingerprint density at radius 1 is 1.10 bits per heavy atom. The Morgan fingerprint density at radius 3 is 2.90 bits per heavy atom. The van der Waals surface area contributed by atoms with Crippen LogP contribution in [0.1, 0.15) is 44.9 Å². The van der Waals surface area contributed by atoms with Gasteiger partial charge in [-0.1, -0.05) is 0 Å². The second-order valence-electron chi connectivity index (χ2n) is 8.23. The Kier molecular flexibility index (Phi) is 2.73. The Bertz CT molecular complexity index is 468. The molecule has 0 aromatic carbocycles. The fraction of sp³-hybridized carbons (Fsp3) is 0.941. The van der Waals surface area contributed by atoms with Crippen molar-refractivity contribution in [2.45, 2.75) is 69.2 Å². The minimum absolute atomic E-state index is 0.116. The number of nitrogens with zero attached hydrogens (tertiary/aromatic N) is 1. The largest absolute Gasteiger partial charge is 0.393 e. The van der Waals surface area contributed by atoms with Crippen LogP contribution in [0.5, 0.6) is 0 Å². The molecule has 0 aromatic heterocycles. The van der Waals surface area contributed by atoms with Gasteiger partial charge in [0.1, 0.15) is 6.04 Å². The van der Waals surface area contributed by atoms with Crippen LogP contribution in [0.2, 0.25) is 0 Å². The zero-order valence-electron chi connectivity index (χ0n) is 12.7. The summed E-state index contributed by atoms with van der Waals surface area (Å²) < 4.78 is 0. The standard InChI is InChI=1S/C17H26N2O2/c20-11-3-4-14-13(9-11)12-5-7-18-6-1-2-10-8-15(21)19(14)17(12)16(10)18/h10-14,16-17,20H,1-9H2/p+1. The van der Waals surface area contributed by atoms with Gasteiger partial charge in [-0.05, 0) is 43.9 Å². The molecule has 8 atom stereocenters. The highest BCUT2D eigenvalue weighted by Gasteiger charge is 2.63. The van der Waals surface area contributed by atoms with E-state index in [1.165, 1.54) is 32.4 Å². The predicted molar refractivity (Wildman–Crippen MR) is 77.7 cm³/mol. The first kappa shape index (κ1) is 12.9. The van der Waals surface area contributed by atoms with Crippen molar-refractivity contribution in [2.75, 3.05) is 13.1 Å². The van der Waals surface area contributed by atoms with Gasteiger partial charge in [0.15, 0.2) is 0 Å². The van der Waals surface area contributed by atoms with E-state index < -0.39 is 0 Å². The van der Waals surface area contributed by atoms with E-state index in [0.29, 0.717) is 35.7 Å². The number of piperidine rings is 3. The molecule has 4 nitrogen and oxygen atoms in total. The van der Waals surface area contributed by atoms with Gasteiger partial charge in [0.2, 0.25) is 5.91 Å². The topological polar surface area (TPSA) is 45.0 Å². The summed E-state index contributed by atoms with van der Waals surface area (Å²) in [7, 11) is 0. The van der Waals surface area contributed by atoms with Crippen LogP contribution in [-0.2, 0) is 4.79 Å². The second-order valence-corrected chi connectivity index (χ2v) is 8.23. The van der Waals surface area contributed by atoms with Crippen LogP contribution in [0.15, 0.2) is 0 Å². The van der Waals surface area contributed by atoms with E-state index in [9.17, 15) is 9.90 Å². The molecule has 2 N–H and O–H groups in total. The molecular weight excluding hydrogens is 264 g/mol. The van der Waals surface area contributed by atoms with E-state index in [4.69, 9.17) is 0 Å². The first-order valence-electron chi connectivity index (χ1n) is 9.08. The molecule has 4 aliphatic heterocycles. The van der Waals surface area contributed by atoms with Crippen molar-refractivity contribution in [3.05, 3.63) is 0 Å².